The second-order valence-corrected chi connectivity index (χ2v) is 3.88. The molecule has 0 aliphatic rings. The van der Waals surface area contributed by atoms with Crippen LogP contribution in [0.1, 0.15) is 29.2 Å². The molecule has 0 spiro atoms. The summed E-state index contributed by atoms with van der Waals surface area (Å²) in [6.07, 6.45) is -0.0629. The highest BCUT2D eigenvalue weighted by atomic mass is 16.5. The number of aryl methyl sites for hydroxylation is 2. The van der Waals surface area contributed by atoms with E-state index in [1.54, 1.807) is 7.11 Å². The maximum atomic E-state index is 10.6. The van der Waals surface area contributed by atoms with Crippen LogP contribution in [0.5, 0.6) is 5.75 Å². The fraction of sp³-hybridized carbons (Fsp3) is 0.417. The van der Waals surface area contributed by atoms with Gasteiger partial charge < -0.3 is 15.6 Å². The highest BCUT2D eigenvalue weighted by Crippen LogP contribution is 2.26. The molecular formula is C12H17NO3. The fourth-order valence-electron chi connectivity index (χ4n) is 1.73. The van der Waals surface area contributed by atoms with Gasteiger partial charge in [0.25, 0.3) is 0 Å². The van der Waals surface area contributed by atoms with Gasteiger partial charge in [-0.05, 0) is 36.6 Å². The summed E-state index contributed by atoms with van der Waals surface area (Å²) in [5, 5.41) is 8.70. The van der Waals surface area contributed by atoms with Gasteiger partial charge in [-0.2, -0.15) is 0 Å². The lowest BCUT2D eigenvalue weighted by Gasteiger charge is -2.15. The van der Waals surface area contributed by atoms with E-state index in [2.05, 4.69) is 0 Å². The molecule has 0 radical (unpaired) electrons. The molecule has 0 aliphatic carbocycles. The highest BCUT2D eigenvalue weighted by Gasteiger charge is 2.14. The van der Waals surface area contributed by atoms with Crippen molar-refractivity contribution in [3.05, 3.63) is 28.8 Å². The van der Waals surface area contributed by atoms with Gasteiger partial charge in [-0.1, -0.05) is 6.07 Å². The number of methoxy groups -OCH3 is 1. The summed E-state index contributed by atoms with van der Waals surface area (Å²) in [4.78, 5) is 10.6. The molecule has 0 saturated carbocycles. The normalized spacial score (nSPS) is 12.2. The van der Waals surface area contributed by atoms with Gasteiger partial charge in [0.05, 0.1) is 13.5 Å². The molecule has 0 fully saturated rings. The lowest BCUT2D eigenvalue weighted by atomic mass is 9.97. The summed E-state index contributed by atoms with van der Waals surface area (Å²) in [6, 6.07) is 3.30. The van der Waals surface area contributed by atoms with Crippen LogP contribution < -0.4 is 10.5 Å². The van der Waals surface area contributed by atoms with E-state index in [0.717, 1.165) is 22.4 Å². The molecule has 4 heteroatoms. The third-order valence-corrected chi connectivity index (χ3v) is 2.58. The molecule has 1 aromatic rings. The Bertz CT molecular complexity index is 401. The molecule has 1 aromatic carbocycles. The minimum atomic E-state index is -0.889. The van der Waals surface area contributed by atoms with E-state index in [1.165, 1.54) is 0 Å². The van der Waals surface area contributed by atoms with Gasteiger partial charge in [0, 0.05) is 6.04 Å². The second kappa shape index (κ2) is 4.99. The van der Waals surface area contributed by atoms with Crippen molar-refractivity contribution in [1.82, 2.24) is 0 Å². The molecule has 4 nitrogen and oxygen atoms in total. The SMILES string of the molecule is COc1cc(C)c([C@H](N)CC(=O)O)cc1C. The van der Waals surface area contributed by atoms with E-state index >= 15 is 0 Å². The Balaban J connectivity index is 3.05. The van der Waals surface area contributed by atoms with E-state index in [4.69, 9.17) is 15.6 Å². The molecule has 1 rings (SSSR count). The summed E-state index contributed by atoms with van der Waals surface area (Å²) in [7, 11) is 1.61. The van der Waals surface area contributed by atoms with Crippen LogP contribution in [0.25, 0.3) is 0 Å². The molecule has 0 heterocycles. The smallest absolute Gasteiger partial charge is 0.305 e. The first-order chi connectivity index (χ1) is 7.45. The first-order valence-electron chi connectivity index (χ1n) is 5.08. The Morgan fingerprint density at radius 2 is 2.06 bits per heavy atom. The van der Waals surface area contributed by atoms with Gasteiger partial charge in [0.2, 0.25) is 0 Å². The Morgan fingerprint density at radius 3 is 2.56 bits per heavy atom. The number of hydrogen-bond acceptors (Lipinski definition) is 3. The van der Waals surface area contributed by atoms with Crippen LogP contribution in [0.15, 0.2) is 12.1 Å². The zero-order valence-electron chi connectivity index (χ0n) is 9.78. The van der Waals surface area contributed by atoms with Crippen LogP contribution in [0.2, 0.25) is 0 Å². The van der Waals surface area contributed by atoms with E-state index in [-0.39, 0.29) is 6.42 Å². The van der Waals surface area contributed by atoms with Crippen molar-refractivity contribution in [2.45, 2.75) is 26.3 Å². The topological polar surface area (TPSA) is 72.5 Å². The Hall–Kier alpha value is -1.55. The average Bonchev–Trinajstić information content (AvgIpc) is 2.19. The molecular weight excluding hydrogens is 206 g/mol. The second-order valence-electron chi connectivity index (χ2n) is 3.88. The number of hydrogen-bond donors (Lipinski definition) is 2. The monoisotopic (exact) mass is 223 g/mol. The Labute approximate surface area is 95.0 Å². The Morgan fingerprint density at radius 1 is 1.44 bits per heavy atom. The van der Waals surface area contributed by atoms with E-state index < -0.39 is 12.0 Å². The van der Waals surface area contributed by atoms with Crippen molar-refractivity contribution in [2.24, 2.45) is 5.73 Å². The van der Waals surface area contributed by atoms with Gasteiger partial charge >= 0.3 is 5.97 Å². The molecule has 88 valence electrons. The van der Waals surface area contributed by atoms with Gasteiger partial charge in [-0.25, -0.2) is 0 Å². The number of benzene rings is 1. The Kier molecular flexibility index (Phi) is 3.90. The van der Waals surface area contributed by atoms with Crippen LogP contribution in [-0.4, -0.2) is 18.2 Å². The number of aliphatic carboxylic acids is 1. The molecule has 0 aromatic heterocycles. The fourth-order valence-corrected chi connectivity index (χ4v) is 1.73. The van der Waals surface area contributed by atoms with Crippen molar-refractivity contribution < 1.29 is 14.6 Å². The predicted octanol–water partition coefficient (Wildman–Crippen LogP) is 1.79. The summed E-state index contributed by atoms with van der Waals surface area (Å²) in [5.74, 6) is -0.0934. The maximum absolute atomic E-state index is 10.6. The van der Waals surface area contributed by atoms with E-state index in [9.17, 15) is 4.79 Å². The van der Waals surface area contributed by atoms with Crippen LogP contribution >= 0.6 is 0 Å². The molecule has 0 saturated heterocycles. The molecule has 0 bridgehead atoms. The van der Waals surface area contributed by atoms with Crippen molar-refractivity contribution >= 4 is 5.97 Å². The maximum Gasteiger partial charge on any atom is 0.305 e. The number of carboxylic acids is 1. The molecule has 0 amide bonds. The number of nitrogens with two attached hydrogens (primary N) is 1. The summed E-state index contributed by atoms with van der Waals surface area (Å²) >= 11 is 0. The van der Waals surface area contributed by atoms with Crippen molar-refractivity contribution in [3.63, 3.8) is 0 Å². The number of carboxylic acid groups (broad SMARTS) is 1. The lowest BCUT2D eigenvalue weighted by Crippen LogP contribution is -2.16. The van der Waals surface area contributed by atoms with Crippen LogP contribution in [0.4, 0.5) is 0 Å². The van der Waals surface area contributed by atoms with Gasteiger partial charge in [0.1, 0.15) is 5.75 Å². The zero-order valence-corrected chi connectivity index (χ0v) is 9.78. The van der Waals surface area contributed by atoms with E-state index in [0.29, 0.717) is 0 Å². The van der Waals surface area contributed by atoms with Crippen LogP contribution in [-0.2, 0) is 4.79 Å². The summed E-state index contributed by atoms with van der Waals surface area (Å²) in [5.41, 5.74) is 8.61. The van der Waals surface area contributed by atoms with Crippen molar-refractivity contribution in [1.29, 1.82) is 0 Å². The first-order valence-corrected chi connectivity index (χ1v) is 5.08. The van der Waals surface area contributed by atoms with Crippen molar-refractivity contribution in [3.8, 4) is 5.75 Å². The molecule has 0 aliphatic heterocycles. The standard InChI is InChI=1S/C12H17NO3/c1-7-5-11(16-3)8(2)4-9(7)10(13)6-12(14)15/h4-5,10H,6,13H2,1-3H3,(H,14,15)/t10-/m1/s1. The minimum Gasteiger partial charge on any atom is -0.496 e. The summed E-state index contributed by atoms with van der Waals surface area (Å²) in [6.45, 7) is 3.81. The van der Waals surface area contributed by atoms with E-state index in [1.807, 2.05) is 26.0 Å². The number of ether oxygens (including phenoxy) is 1. The predicted molar refractivity (Wildman–Crippen MR) is 61.6 cm³/mol. The van der Waals surface area contributed by atoms with Gasteiger partial charge in [-0.3, -0.25) is 4.79 Å². The molecule has 16 heavy (non-hydrogen) atoms. The molecule has 3 N–H and O–H groups in total. The largest absolute Gasteiger partial charge is 0.496 e. The third-order valence-electron chi connectivity index (χ3n) is 2.58. The highest BCUT2D eigenvalue weighted by molar-refractivity contribution is 5.68. The minimum absolute atomic E-state index is 0.0629. The van der Waals surface area contributed by atoms with Gasteiger partial charge in [-0.15, -0.1) is 0 Å². The van der Waals surface area contributed by atoms with Crippen LogP contribution in [0.3, 0.4) is 0 Å². The lowest BCUT2D eigenvalue weighted by molar-refractivity contribution is -0.137. The third kappa shape index (κ3) is 2.73. The number of carbonyl (C=O) groups is 1. The number of rotatable bonds is 4. The summed E-state index contributed by atoms with van der Waals surface area (Å²) < 4.78 is 5.18. The first kappa shape index (κ1) is 12.5. The van der Waals surface area contributed by atoms with Gasteiger partial charge in [0.15, 0.2) is 0 Å². The average molecular weight is 223 g/mol. The van der Waals surface area contributed by atoms with Crippen LogP contribution in [0, 0.1) is 13.8 Å². The quantitative estimate of drug-likeness (QED) is 0.816. The molecule has 0 unspecified atom stereocenters. The zero-order chi connectivity index (χ0) is 12.3. The van der Waals surface area contributed by atoms with Crippen molar-refractivity contribution in [2.75, 3.05) is 7.11 Å². The molecule has 1 atom stereocenters.